The highest BCUT2D eigenvalue weighted by Crippen LogP contribution is 2.22. The SMILES string of the molecule is CCCC(CN)C(=O)Nc1cccc(Cl)c1F. The van der Waals surface area contributed by atoms with Crippen molar-refractivity contribution in [1.29, 1.82) is 0 Å². The van der Waals surface area contributed by atoms with E-state index in [0.29, 0.717) is 6.42 Å². The quantitative estimate of drug-likeness (QED) is 0.853. The summed E-state index contributed by atoms with van der Waals surface area (Å²) < 4.78 is 13.5. The van der Waals surface area contributed by atoms with Crippen LogP contribution in [0.15, 0.2) is 18.2 Å². The zero-order valence-corrected chi connectivity index (χ0v) is 10.4. The molecule has 0 radical (unpaired) electrons. The van der Waals surface area contributed by atoms with Crippen molar-refractivity contribution in [2.24, 2.45) is 11.7 Å². The van der Waals surface area contributed by atoms with Crippen LogP contribution in [0.4, 0.5) is 10.1 Å². The lowest BCUT2D eigenvalue weighted by molar-refractivity contribution is -0.119. The Labute approximate surface area is 105 Å². The summed E-state index contributed by atoms with van der Waals surface area (Å²) in [4.78, 5) is 11.8. The first-order chi connectivity index (χ1) is 8.10. The lowest BCUT2D eigenvalue weighted by atomic mass is 10.0. The molecular weight excluding hydrogens is 243 g/mol. The molecule has 0 aliphatic carbocycles. The maximum Gasteiger partial charge on any atom is 0.228 e. The topological polar surface area (TPSA) is 55.1 Å². The van der Waals surface area contributed by atoms with E-state index in [-0.39, 0.29) is 29.1 Å². The number of carbonyl (C=O) groups excluding carboxylic acids is 1. The first-order valence-electron chi connectivity index (χ1n) is 5.55. The van der Waals surface area contributed by atoms with Crippen molar-refractivity contribution in [3.63, 3.8) is 0 Å². The Kier molecular flexibility index (Phi) is 5.38. The maximum absolute atomic E-state index is 13.5. The van der Waals surface area contributed by atoms with E-state index in [2.05, 4.69) is 5.32 Å². The highest BCUT2D eigenvalue weighted by Gasteiger charge is 2.17. The van der Waals surface area contributed by atoms with Crippen LogP contribution in [0.5, 0.6) is 0 Å². The van der Waals surface area contributed by atoms with Gasteiger partial charge in [-0.3, -0.25) is 4.79 Å². The molecule has 3 N–H and O–H groups in total. The first kappa shape index (κ1) is 13.9. The molecule has 1 aromatic carbocycles. The minimum Gasteiger partial charge on any atom is -0.330 e. The third kappa shape index (κ3) is 3.68. The number of nitrogens with one attached hydrogen (secondary N) is 1. The lowest BCUT2D eigenvalue weighted by Crippen LogP contribution is -2.29. The number of nitrogens with two attached hydrogens (primary N) is 1. The van der Waals surface area contributed by atoms with Crippen molar-refractivity contribution >= 4 is 23.2 Å². The average Bonchev–Trinajstić information content (AvgIpc) is 2.31. The van der Waals surface area contributed by atoms with Gasteiger partial charge in [0.15, 0.2) is 5.82 Å². The molecule has 0 saturated carbocycles. The predicted molar refractivity (Wildman–Crippen MR) is 67.5 cm³/mol. The van der Waals surface area contributed by atoms with Gasteiger partial charge >= 0.3 is 0 Å². The molecule has 17 heavy (non-hydrogen) atoms. The van der Waals surface area contributed by atoms with Crippen LogP contribution in [0.2, 0.25) is 5.02 Å². The summed E-state index contributed by atoms with van der Waals surface area (Å²) in [5.41, 5.74) is 5.60. The summed E-state index contributed by atoms with van der Waals surface area (Å²) in [5, 5.41) is 2.50. The lowest BCUT2D eigenvalue weighted by Gasteiger charge is -2.14. The second-order valence-corrected chi connectivity index (χ2v) is 4.22. The van der Waals surface area contributed by atoms with Crippen LogP contribution in [0, 0.1) is 11.7 Å². The Hall–Kier alpha value is -1.13. The molecule has 1 aromatic rings. The number of hydrogen-bond donors (Lipinski definition) is 2. The molecule has 1 amide bonds. The molecule has 0 bridgehead atoms. The Morgan fingerprint density at radius 2 is 2.29 bits per heavy atom. The summed E-state index contributed by atoms with van der Waals surface area (Å²) in [7, 11) is 0. The third-order valence-corrected chi connectivity index (χ3v) is 2.79. The zero-order chi connectivity index (χ0) is 12.8. The van der Waals surface area contributed by atoms with Crippen molar-refractivity contribution in [3.8, 4) is 0 Å². The van der Waals surface area contributed by atoms with E-state index in [4.69, 9.17) is 17.3 Å². The highest BCUT2D eigenvalue weighted by atomic mass is 35.5. The van der Waals surface area contributed by atoms with Gasteiger partial charge in [-0.2, -0.15) is 0 Å². The van der Waals surface area contributed by atoms with Crippen molar-refractivity contribution < 1.29 is 9.18 Å². The van der Waals surface area contributed by atoms with Gasteiger partial charge in [-0.15, -0.1) is 0 Å². The fourth-order valence-corrected chi connectivity index (χ4v) is 1.71. The number of rotatable bonds is 5. The number of carbonyl (C=O) groups is 1. The fourth-order valence-electron chi connectivity index (χ4n) is 1.54. The van der Waals surface area contributed by atoms with Crippen LogP contribution in [0.3, 0.4) is 0 Å². The summed E-state index contributed by atoms with van der Waals surface area (Å²) in [6.45, 7) is 2.22. The van der Waals surface area contributed by atoms with Crippen molar-refractivity contribution in [1.82, 2.24) is 0 Å². The molecular formula is C12H16ClFN2O. The van der Waals surface area contributed by atoms with Gasteiger partial charge in [-0.25, -0.2) is 4.39 Å². The van der Waals surface area contributed by atoms with Crippen molar-refractivity contribution in [2.45, 2.75) is 19.8 Å². The van der Waals surface area contributed by atoms with Gasteiger partial charge in [0.25, 0.3) is 0 Å². The van der Waals surface area contributed by atoms with E-state index >= 15 is 0 Å². The molecule has 0 aliphatic rings. The Morgan fingerprint density at radius 1 is 1.59 bits per heavy atom. The zero-order valence-electron chi connectivity index (χ0n) is 9.67. The Morgan fingerprint density at radius 3 is 2.88 bits per heavy atom. The summed E-state index contributed by atoms with van der Waals surface area (Å²) in [6, 6.07) is 4.48. The second kappa shape index (κ2) is 6.57. The van der Waals surface area contributed by atoms with Crippen LogP contribution >= 0.6 is 11.6 Å². The van der Waals surface area contributed by atoms with Gasteiger partial charge in [0, 0.05) is 6.54 Å². The molecule has 0 heterocycles. The Bertz CT molecular complexity index is 398. The molecule has 1 unspecified atom stereocenters. The molecule has 0 aromatic heterocycles. The number of amides is 1. The molecule has 0 aliphatic heterocycles. The summed E-state index contributed by atoms with van der Waals surface area (Å²) in [5.74, 6) is -1.18. The van der Waals surface area contributed by atoms with E-state index in [1.807, 2.05) is 6.92 Å². The second-order valence-electron chi connectivity index (χ2n) is 3.81. The predicted octanol–water partition coefficient (Wildman–Crippen LogP) is 2.79. The largest absolute Gasteiger partial charge is 0.330 e. The molecule has 3 nitrogen and oxygen atoms in total. The van der Waals surface area contributed by atoms with Crippen LogP contribution in [-0.4, -0.2) is 12.5 Å². The minimum absolute atomic E-state index is 0.0115. The summed E-state index contributed by atoms with van der Waals surface area (Å²) >= 11 is 5.62. The van der Waals surface area contributed by atoms with Crippen molar-refractivity contribution in [2.75, 3.05) is 11.9 Å². The smallest absolute Gasteiger partial charge is 0.228 e. The van der Waals surface area contributed by atoms with Crippen LogP contribution in [0.25, 0.3) is 0 Å². The van der Waals surface area contributed by atoms with Gasteiger partial charge < -0.3 is 11.1 Å². The molecule has 5 heteroatoms. The van der Waals surface area contributed by atoms with E-state index < -0.39 is 5.82 Å². The van der Waals surface area contributed by atoms with Crippen LogP contribution < -0.4 is 11.1 Å². The third-order valence-electron chi connectivity index (χ3n) is 2.50. The van der Waals surface area contributed by atoms with Gasteiger partial charge in [-0.05, 0) is 18.6 Å². The minimum atomic E-state index is -0.616. The van der Waals surface area contributed by atoms with E-state index in [1.165, 1.54) is 12.1 Å². The molecule has 0 saturated heterocycles. The highest BCUT2D eigenvalue weighted by molar-refractivity contribution is 6.31. The molecule has 0 spiro atoms. The molecule has 0 fully saturated rings. The van der Waals surface area contributed by atoms with Gasteiger partial charge in [0.05, 0.1) is 16.6 Å². The van der Waals surface area contributed by atoms with Crippen LogP contribution in [-0.2, 0) is 4.79 Å². The monoisotopic (exact) mass is 258 g/mol. The first-order valence-corrected chi connectivity index (χ1v) is 5.92. The van der Waals surface area contributed by atoms with Gasteiger partial charge in [0.2, 0.25) is 5.91 Å². The van der Waals surface area contributed by atoms with Crippen molar-refractivity contribution in [3.05, 3.63) is 29.0 Å². The molecule has 1 rings (SSSR count). The number of benzene rings is 1. The van der Waals surface area contributed by atoms with Crippen LogP contribution in [0.1, 0.15) is 19.8 Å². The normalized spacial score (nSPS) is 12.2. The molecule has 94 valence electrons. The van der Waals surface area contributed by atoms with Gasteiger partial charge in [-0.1, -0.05) is 31.0 Å². The van der Waals surface area contributed by atoms with E-state index in [9.17, 15) is 9.18 Å². The fraction of sp³-hybridized carbons (Fsp3) is 0.417. The maximum atomic E-state index is 13.5. The Balaban J connectivity index is 2.76. The number of anilines is 1. The van der Waals surface area contributed by atoms with Gasteiger partial charge in [0.1, 0.15) is 0 Å². The van der Waals surface area contributed by atoms with E-state index in [0.717, 1.165) is 6.42 Å². The number of hydrogen-bond acceptors (Lipinski definition) is 2. The van der Waals surface area contributed by atoms with E-state index in [1.54, 1.807) is 6.07 Å². The number of halogens is 2. The average molecular weight is 259 g/mol. The molecule has 1 atom stereocenters. The summed E-state index contributed by atoms with van der Waals surface area (Å²) in [6.07, 6.45) is 1.54. The standard InChI is InChI=1S/C12H16ClFN2O/c1-2-4-8(7-15)12(17)16-10-6-3-5-9(13)11(10)14/h3,5-6,8H,2,4,7,15H2,1H3,(H,16,17).